The van der Waals surface area contributed by atoms with E-state index in [-0.39, 0.29) is 0 Å². The highest BCUT2D eigenvalue weighted by Crippen LogP contribution is 2.36. The fourth-order valence-electron chi connectivity index (χ4n) is 3.50. The van der Waals surface area contributed by atoms with E-state index in [0.717, 1.165) is 45.7 Å². The molecule has 1 heterocycles. The highest BCUT2D eigenvalue weighted by molar-refractivity contribution is 8.00. The number of esters is 4. The van der Waals surface area contributed by atoms with Gasteiger partial charge in [-0.25, -0.2) is 4.79 Å². The van der Waals surface area contributed by atoms with Gasteiger partial charge in [0.25, 0.3) is 0 Å². The normalized spacial score (nSPS) is 20.3. The molecule has 1 aliphatic rings. The maximum atomic E-state index is 13.3. The quantitative estimate of drug-likeness (QED) is 0.322. The average Bonchev–Trinajstić information content (AvgIpc) is 2.85. The summed E-state index contributed by atoms with van der Waals surface area (Å²) >= 11 is 0.961. The summed E-state index contributed by atoms with van der Waals surface area (Å²) in [6, 6.07) is 6.66. The summed E-state index contributed by atoms with van der Waals surface area (Å²) in [6.45, 7) is 2.30. The van der Waals surface area contributed by atoms with Crippen molar-refractivity contribution in [3.63, 3.8) is 0 Å². The number of ether oxygens (including phenoxy) is 5. The molecule has 0 unspecified atom stereocenters. The molecule has 0 radical (unpaired) electrons. The van der Waals surface area contributed by atoms with E-state index in [0.29, 0.717) is 4.90 Å². The summed E-state index contributed by atoms with van der Waals surface area (Å²) in [5.74, 6) is -6.56. The lowest BCUT2D eigenvalue weighted by Crippen LogP contribution is -2.62. The second-order valence-electron chi connectivity index (χ2n) is 8.02. The molecule has 15 heteroatoms. The van der Waals surface area contributed by atoms with E-state index in [9.17, 15) is 37.1 Å². The molecule has 0 spiro atoms. The first-order valence-electron chi connectivity index (χ1n) is 11.3. The van der Waals surface area contributed by atoms with Gasteiger partial charge in [-0.1, -0.05) is 18.2 Å². The van der Waals surface area contributed by atoms with Crippen molar-refractivity contribution in [3.8, 4) is 0 Å². The van der Waals surface area contributed by atoms with Crippen molar-refractivity contribution in [2.45, 2.75) is 61.4 Å². The third-order valence-corrected chi connectivity index (χ3v) is 6.25. The summed E-state index contributed by atoms with van der Waals surface area (Å²) in [4.78, 5) is 60.4. The number of nitrogens with one attached hydrogen (secondary N) is 1. The number of alkyl halides is 3. The largest absolute Gasteiger partial charge is 0.477 e. The van der Waals surface area contributed by atoms with Crippen LogP contribution in [0.1, 0.15) is 20.8 Å². The number of rotatable bonds is 10. The lowest BCUT2D eigenvalue weighted by atomic mass is 9.94. The maximum Gasteiger partial charge on any atom is 0.471 e. The Morgan fingerprint density at radius 2 is 1.62 bits per heavy atom. The molecule has 5 atom stereocenters. The first-order chi connectivity index (χ1) is 18.2. The molecule has 0 saturated heterocycles. The highest BCUT2D eigenvalue weighted by atomic mass is 32.2. The molecule has 2 rings (SSSR count). The minimum Gasteiger partial charge on any atom is -0.477 e. The minimum absolute atomic E-state index is 0.473. The Labute approximate surface area is 225 Å². The van der Waals surface area contributed by atoms with Crippen LogP contribution in [-0.2, 0) is 47.7 Å². The van der Waals surface area contributed by atoms with E-state index in [1.165, 1.54) is 0 Å². The van der Waals surface area contributed by atoms with Gasteiger partial charge in [-0.15, -0.1) is 11.8 Å². The van der Waals surface area contributed by atoms with Crippen molar-refractivity contribution in [1.29, 1.82) is 0 Å². The predicted octanol–water partition coefficient (Wildman–Crippen LogP) is 2.08. The zero-order valence-corrected chi connectivity index (χ0v) is 22.0. The van der Waals surface area contributed by atoms with Gasteiger partial charge in [-0.2, -0.15) is 13.2 Å². The van der Waals surface area contributed by atoms with Crippen LogP contribution in [-0.4, -0.2) is 79.3 Å². The van der Waals surface area contributed by atoms with Gasteiger partial charge < -0.3 is 29.0 Å². The first kappa shape index (κ1) is 31.5. The van der Waals surface area contributed by atoms with Crippen molar-refractivity contribution in [1.82, 2.24) is 5.32 Å². The molecule has 1 amide bonds. The number of benzene rings is 1. The Kier molecular flexibility index (Phi) is 11.2. The Morgan fingerprint density at radius 1 is 1.00 bits per heavy atom. The number of carbonyl (C=O) groups is 5. The molecule has 0 bridgehead atoms. The van der Waals surface area contributed by atoms with Crippen LogP contribution in [0.25, 0.3) is 0 Å². The molecular weight excluding hydrogens is 551 g/mol. The van der Waals surface area contributed by atoms with Crippen molar-refractivity contribution < 1.29 is 60.8 Å². The van der Waals surface area contributed by atoms with E-state index in [4.69, 9.17) is 23.7 Å². The smallest absolute Gasteiger partial charge is 0.471 e. The van der Waals surface area contributed by atoms with Crippen LogP contribution in [0.5, 0.6) is 0 Å². The van der Waals surface area contributed by atoms with E-state index in [2.05, 4.69) is 0 Å². The number of thioether (sulfide) groups is 1. The lowest BCUT2D eigenvalue weighted by molar-refractivity contribution is -0.190. The Morgan fingerprint density at radius 3 is 2.13 bits per heavy atom. The molecule has 1 aromatic rings. The number of halogens is 3. The van der Waals surface area contributed by atoms with E-state index >= 15 is 0 Å². The molecule has 0 saturated carbocycles. The third-order valence-electron chi connectivity index (χ3n) is 5.00. The second-order valence-corrected chi connectivity index (χ2v) is 9.27. The summed E-state index contributed by atoms with van der Waals surface area (Å²) in [5.41, 5.74) is 0. The lowest BCUT2D eigenvalue weighted by Gasteiger charge is -2.41. The molecule has 0 aromatic heterocycles. The first-order valence-corrected chi connectivity index (χ1v) is 12.1. The number of hydrogen-bond acceptors (Lipinski definition) is 11. The predicted molar refractivity (Wildman–Crippen MR) is 127 cm³/mol. The average molecular weight is 578 g/mol. The molecule has 1 aliphatic heterocycles. The van der Waals surface area contributed by atoms with Gasteiger partial charge in [0.2, 0.25) is 5.76 Å². The number of methoxy groups -OCH3 is 1. The molecule has 1 N–H and O–H groups in total. The molecule has 11 nitrogen and oxygen atoms in total. The van der Waals surface area contributed by atoms with Crippen LogP contribution in [0.2, 0.25) is 0 Å². The monoisotopic (exact) mass is 577 g/mol. The van der Waals surface area contributed by atoms with E-state index in [1.54, 1.807) is 30.3 Å². The number of amides is 1. The maximum absolute atomic E-state index is 13.3. The van der Waals surface area contributed by atoms with E-state index < -0.39 is 77.9 Å². The molecule has 214 valence electrons. The second kappa shape index (κ2) is 13.9. The van der Waals surface area contributed by atoms with Gasteiger partial charge in [-0.05, 0) is 18.2 Å². The topological polar surface area (TPSA) is 144 Å². The molecule has 0 fully saturated rings. The molecule has 39 heavy (non-hydrogen) atoms. The minimum atomic E-state index is -5.32. The van der Waals surface area contributed by atoms with Crippen molar-refractivity contribution in [2.24, 2.45) is 0 Å². The molecule has 0 aliphatic carbocycles. The summed E-state index contributed by atoms with van der Waals surface area (Å²) in [5, 5.41) is 0.709. The van der Waals surface area contributed by atoms with Crippen LogP contribution < -0.4 is 5.32 Å². The van der Waals surface area contributed by atoms with Crippen molar-refractivity contribution in [2.75, 3.05) is 13.7 Å². The zero-order chi connectivity index (χ0) is 29.3. The van der Waals surface area contributed by atoms with E-state index in [1.807, 2.05) is 5.32 Å². The Hall–Kier alpha value is -3.75. The van der Waals surface area contributed by atoms with Crippen LogP contribution in [0.15, 0.2) is 47.1 Å². The fourth-order valence-corrected chi connectivity index (χ4v) is 4.69. The van der Waals surface area contributed by atoms with Crippen LogP contribution in [0, 0.1) is 0 Å². The fraction of sp³-hybridized carbons (Fsp3) is 0.458. The molecular formula is C24H26F3NO10S. The SMILES string of the molecule is COC(=O)C1=C[C@H](Sc2ccccc2)[C@@H](NC(=O)C(F)(F)F)[C@H]([C@H](OC(C)=O)[C@@H](COC(C)=O)OC(C)=O)O1. The number of hydrogen-bond donors (Lipinski definition) is 1. The Balaban J connectivity index is 2.68. The third kappa shape index (κ3) is 9.50. The van der Waals surface area contributed by atoms with Gasteiger partial charge in [0.05, 0.1) is 18.4 Å². The summed E-state index contributed by atoms with van der Waals surface area (Å²) in [6.07, 6.45) is -9.30. The molecule has 1 aromatic carbocycles. The van der Waals surface area contributed by atoms with Gasteiger partial charge in [0, 0.05) is 25.7 Å². The highest BCUT2D eigenvalue weighted by Gasteiger charge is 2.51. The van der Waals surface area contributed by atoms with Crippen molar-refractivity contribution in [3.05, 3.63) is 42.2 Å². The van der Waals surface area contributed by atoms with Gasteiger partial charge in [0.1, 0.15) is 6.61 Å². The van der Waals surface area contributed by atoms with Gasteiger partial charge in [0.15, 0.2) is 18.3 Å². The zero-order valence-electron chi connectivity index (χ0n) is 21.2. The Bertz CT molecular complexity index is 1100. The van der Waals surface area contributed by atoms with Crippen LogP contribution in [0.4, 0.5) is 13.2 Å². The van der Waals surface area contributed by atoms with Crippen LogP contribution in [0.3, 0.4) is 0 Å². The summed E-state index contributed by atoms with van der Waals surface area (Å²) < 4.78 is 65.7. The van der Waals surface area contributed by atoms with Gasteiger partial charge in [-0.3, -0.25) is 19.2 Å². The standard InChI is InChI=1S/C24H26F3NO10S/c1-12(29)35-11-17(36-13(2)30)20(37-14(3)31)21-19(28-23(33)24(25,26)27)18(10-16(38-21)22(32)34-4)39-15-8-6-5-7-9-15/h5-10,17-21H,11H2,1-4H3,(H,28,33)/t17-,18+,19-,20-,21-/m1/s1. The number of carbonyl (C=O) groups excluding carboxylic acids is 5. The van der Waals surface area contributed by atoms with Crippen molar-refractivity contribution >= 4 is 41.5 Å². The summed E-state index contributed by atoms with van der Waals surface area (Å²) in [7, 11) is 1.03. The van der Waals surface area contributed by atoms with Crippen LogP contribution >= 0.6 is 11.8 Å². The van der Waals surface area contributed by atoms with Gasteiger partial charge >= 0.3 is 36.0 Å².